The first-order valence-corrected chi connectivity index (χ1v) is 7.92. The van der Waals surface area contributed by atoms with Gasteiger partial charge in [0.05, 0.1) is 4.88 Å². The van der Waals surface area contributed by atoms with E-state index in [-0.39, 0.29) is 17.4 Å². The molecule has 0 radical (unpaired) electrons. The maximum atomic E-state index is 12.1. The zero-order valence-electron chi connectivity index (χ0n) is 13.2. The van der Waals surface area contributed by atoms with E-state index < -0.39 is 0 Å². The van der Waals surface area contributed by atoms with Gasteiger partial charge in [-0.25, -0.2) is 0 Å². The molecule has 0 fully saturated rings. The molecule has 0 saturated heterocycles. The summed E-state index contributed by atoms with van der Waals surface area (Å²) in [4.78, 5) is 24.9. The molecule has 0 saturated carbocycles. The van der Waals surface area contributed by atoms with Gasteiger partial charge in [-0.1, -0.05) is 0 Å². The molecule has 22 heavy (non-hydrogen) atoms. The Balaban J connectivity index is 2.05. The second-order valence-corrected chi connectivity index (χ2v) is 7.08. The molecule has 0 atom stereocenters. The number of thiophene rings is 1. The molecule has 2 N–H and O–H groups in total. The minimum absolute atomic E-state index is 0.125. The highest BCUT2D eigenvalue weighted by Gasteiger charge is 2.15. The first-order chi connectivity index (χ1) is 10.3. The molecule has 5 heteroatoms. The number of carbonyl (C=O) groups is 2. The Kier molecular flexibility index (Phi) is 4.66. The van der Waals surface area contributed by atoms with Gasteiger partial charge in [0.1, 0.15) is 0 Å². The first-order valence-electron chi connectivity index (χ1n) is 7.04. The summed E-state index contributed by atoms with van der Waals surface area (Å²) < 4.78 is 0. The molecule has 1 aromatic heterocycles. The lowest BCUT2D eigenvalue weighted by Gasteiger charge is -2.20. The molecule has 1 aromatic carbocycles. The van der Waals surface area contributed by atoms with E-state index in [0.717, 1.165) is 5.56 Å². The molecule has 2 rings (SSSR count). The van der Waals surface area contributed by atoms with Crippen molar-refractivity contribution in [2.45, 2.75) is 33.2 Å². The van der Waals surface area contributed by atoms with Crippen molar-refractivity contribution < 1.29 is 9.59 Å². The van der Waals surface area contributed by atoms with Gasteiger partial charge in [-0.3, -0.25) is 9.59 Å². The van der Waals surface area contributed by atoms with Crippen LogP contribution in [-0.4, -0.2) is 17.4 Å². The predicted octanol–water partition coefficient (Wildman–Crippen LogP) is 3.84. The molecule has 0 aliphatic rings. The molecular weight excluding hydrogens is 296 g/mol. The standard InChI is InChI=1S/C17H20N2O2S/c1-11-9-10-22-14(11)16(21)18-13-7-5-12(6-8-13)15(20)19-17(2,3)4/h5-10H,1-4H3,(H,18,21)(H,19,20). The minimum Gasteiger partial charge on any atom is -0.347 e. The molecule has 0 bridgehead atoms. The van der Waals surface area contributed by atoms with Crippen molar-refractivity contribution in [1.29, 1.82) is 0 Å². The fourth-order valence-electron chi connectivity index (χ4n) is 1.91. The van der Waals surface area contributed by atoms with Gasteiger partial charge >= 0.3 is 0 Å². The molecule has 0 aliphatic heterocycles. The largest absolute Gasteiger partial charge is 0.347 e. The molecule has 4 nitrogen and oxygen atoms in total. The molecule has 2 aromatic rings. The Morgan fingerprint density at radius 3 is 2.14 bits per heavy atom. The van der Waals surface area contributed by atoms with Gasteiger partial charge in [-0.15, -0.1) is 11.3 Å². The normalized spacial score (nSPS) is 11.1. The van der Waals surface area contributed by atoms with Crippen molar-refractivity contribution in [3.05, 3.63) is 51.7 Å². The van der Waals surface area contributed by atoms with Crippen LogP contribution in [-0.2, 0) is 0 Å². The summed E-state index contributed by atoms with van der Waals surface area (Å²) in [5.74, 6) is -0.251. The second-order valence-electron chi connectivity index (χ2n) is 6.17. The summed E-state index contributed by atoms with van der Waals surface area (Å²) in [5.41, 5.74) is 1.93. The van der Waals surface area contributed by atoms with E-state index in [1.54, 1.807) is 24.3 Å². The van der Waals surface area contributed by atoms with E-state index in [9.17, 15) is 9.59 Å². The lowest BCUT2D eigenvalue weighted by molar-refractivity contribution is 0.0919. The number of carbonyl (C=O) groups excluding carboxylic acids is 2. The summed E-state index contributed by atoms with van der Waals surface area (Å²) in [5, 5.41) is 7.63. The quantitative estimate of drug-likeness (QED) is 0.904. The monoisotopic (exact) mass is 316 g/mol. The molecule has 2 amide bonds. The van der Waals surface area contributed by atoms with E-state index in [0.29, 0.717) is 16.1 Å². The van der Waals surface area contributed by atoms with E-state index >= 15 is 0 Å². The number of amides is 2. The summed E-state index contributed by atoms with van der Waals surface area (Å²) in [6.07, 6.45) is 0. The summed E-state index contributed by atoms with van der Waals surface area (Å²) in [7, 11) is 0. The van der Waals surface area contributed by atoms with Gasteiger partial charge in [0.15, 0.2) is 0 Å². The highest BCUT2D eigenvalue weighted by atomic mass is 32.1. The fraction of sp³-hybridized carbons (Fsp3) is 0.294. The Hall–Kier alpha value is -2.14. The summed E-state index contributed by atoms with van der Waals surface area (Å²) in [6, 6.07) is 8.80. The van der Waals surface area contributed by atoms with Gasteiger partial charge < -0.3 is 10.6 Å². The van der Waals surface area contributed by atoms with Crippen LogP contribution < -0.4 is 10.6 Å². The third-order valence-electron chi connectivity index (χ3n) is 2.96. The van der Waals surface area contributed by atoms with Crippen LogP contribution >= 0.6 is 11.3 Å². The molecular formula is C17H20N2O2S. The van der Waals surface area contributed by atoms with Gasteiger partial charge in [-0.2, -0.15) is 0 Å². The predicted molar refractivity (Wildman–Crippen MR) is 90.7 cm³/mol. The van der Waals surface area contributed by atoms with Gasteiger partial charge in [0, 0.05) is 16.8 Å². The van der Waals surface area contributed by atoms with Crippen molar-refractivity contribution in [2.75, 3.05) is 5.32 Å². The van der Waals surface area contributed by atoms with E-state index in [2.05, 4.69) is 10.6 Å². The highest BCUT2D eigenvalue weighted by molar-refractivity contribution is 7.12. The van der Waals surface area contributed by atoms with Crippen LogP contribution in [0.1, 0.15) is 46.4 Å². The van der Waals surface area contributed by atoms with Crippen molar-refractivity contribution in [1.82, 2.24) is 5.32 Å². The third kappa shape index (κ3) is 4.18. The fourth-order valence-corrected chi connectivity index (χ4v) is 2.73. The molecule has 0 aliphatic carbocycles. The van der Waals surface area contributed by atoms with E-state index in [1.165, 1.54) is 11.3 Å². The van der Waals surface area contributed by atoms with Gasteiger partial charge in [0.25, 0.3) is 11.8 Å². The molecule has 1 heterocycles. The average Bonchev–Trinajstić information content (AvgIpc) is 2.84. The Morgan fingerprint density at radius 1 is 1.00 bits per heavy atom. The SMILES string of the molecule is Cc1ccsc1C(=O)Nc1ccc(C(=O)NC(C)(C)C)cc1. The molecule has 0 unspecified atom stereocenters. The maximum absolute atomic E-state index is 12.1. The zero-order valence-corrected chi connectivity index (χ0v) is 14.0. The maximum Gasteiger partial charge on any atom is 0.265 e. The van der Waals surface area contributed by atoms with E-state index in [4.69, 9.17) is 0 Å². The van der Waals surface area contributed by atoms with Crippen molar-refractivity contribution in [3.63, 3.8) is 0 Å². The van der Waals surface area contributed by atoms with Crippen LogP contribution in [0.5, 0.6) is 0 Å². The van der Waals surface area contributed by atoms with Crippen LogP contribution in [0.15, 0.2) is 35.7 Å². The van der Waals surface area contributed by atoms with E-state index in [1.807, 2.05) is 39.1 Å². The Morgan fingerprint density at radius 2 is 1.64 bits per heavy atom. The topological polar surface area (TPSA) is 58.2 Å². The van der Waals surface area contributed by atoms with Crippen molar-refractivity contribution in [3.8, 4) is 0 Å². The lowest BCUT2D eigenvalue weighted by Crippen LogP contribution is -2.40. The molecule has 116 valence electrons. The Bertz CT molecular complexity index is 681. The third-order valence-corrected chi connectivity index (χ3v) is 3.98. The molecule has 0 spiro atoms. The number of rotatable bonds is 3. The van der Waals surface area contributed by atoms with Crippen LogP contribution in [0, 0.1) is 6.92 Å². The number of nitrogens with one attached hydrogen (secondary N) is 2. The second kappa shape index (κ2) is 6.32. The van der Waals surface area contributed by atoms with Crippen LogP contribution in [0.2, 0.25) is 0 Å². The number of benzene rings is 1. The zero-order chi connectivity index (χ0) is 16.3. The average molecular weight is 316 g/mol. The minimum atomic E-state index is -0.277. The number of hydrogen-bond donors (Lipinski definition) is 2. The smallest absolute Gasteiger partial charge is 0.265 e. The van der Waals surface area contributed by atoms with Gasteiger partial charge in [0.2, 0.25) is 0 Å². The first kappa shape index (κ1) is 16.2. The van der Waals surface area contributed by atoms with Crippen LogP contribution in [0.25, 0.3) is 0 Å². The van der Waals surface area contributed by atoms with Crippen molar-refractivity contribution >= 4 is 28.8 Å². The number of aryl methyl sites for hydroxylation is 1. The lowest BCUT2D eigenvalue weighted by atomic mass is 10.1. The Labute approximate surface area is 134 Å². The number of hydrogen-bond acceptors (Lipinski definition) is 3. The summed E-state index contributed by atoms with van der Waals surface area (Å²) >= 11 is 1.42. The number of anilines is 1. The van der Waals surface area contributed by atoms with Crippen molar-refractivity contribution in [2.24, 2.45) is 0 Å². The summed E-state index contributed by atoms with van der Waals surface area (Å²) in [6.45, 7) is 7.71. The highest BCUT2D eigenvalue weighted by Crippen LogP contribution is 2.18. The van der Waals surface area contributed by atoms with Gasteiger partial charge in [-0.05, 0) is 69.0 Å². The van der Waals surface area contributed by atoms with Crippen LogP contribution in [0.3, 0.4) is 0 Å². The van der Waals surface area contributed by atoms with Crippen LogP contribution in [0.4, 0.5) is 5.69 Å².